The second-order valence-corrected chi connectivity index (χ2v) is 6.77. The van der Waals surface area contributed by atoms with Crippen LogP contribution in [-0.2, 0) is 11.3 Å². The molecule has 130 valence electrons. The molecule has 2 unspecified atom stereocenters. The molecule has 1 amide bonds. The van der Waals surface area contributed by atoms with Crippen molar-refractivity contribution in [2.24, 2.45) is 5.92 Å². The molecule has 1 aliphatic heterocycles. The van der Waals surface area contributed by atoms with E-state index in [2.05, 4.69) is 6.92 Å². The summed E-state index contributed by atoms with van der Waals surface area (Å²) in [4.78, 5) is 14.0. The van der Waals surface area contributed by atoms with Crippen LogP contribution in [0.3, 0.4) is 0 Å². The maximum atomic E-state index is 12.3. The summed E-state index contributed by atoms with van der Waals surface area (Å²) in [5.41, 5.74) is 0.997. The van der Waals surface area contributed by atoms with Gasteiger partial charge in [0, 0.05) is 25.6 Å². The molecular formula is C20H21NO4. The van der Waals surface area contributed by atoms with Crippen LogP contribution in [0.4, 0.5) is 0 Å². The summed E-state index contributed by atoms with van der Waals surface area (Å²) in [6, 6.07) is 9.65. The number of amides is 1. The summed E-state index contributed by atoms with van der Waals surface area (Å²) in [7, 11) is 1.77. The van der Waals surface area contributed by atoms with Crippen molar-refractivity contribution in [3.63, 3.8) is 0 Å². The van der Waals surface area contributed by atoms with Gasteiger partial charge < -0.3 is 18.8 Å². The Kier molecular flexibility index (Phi) is 3.99. The number of ether oxygens (including phenoxy) is 2. The van der Waals surface area contributed by atoms with Gasteiger partial charge in [-0.15, -0.1) is 0 Å². The van der Waals surface area contributed by atoms with Crippen LogP contribution >= 0.6 is 0 Å². The van der Waals surface area contributed by atoms with Crippen LogP contribution in [0.15, 0.2) is 40.8 Å². The van der Waals surface area contributed by atoms with Crippen LogP contribution in [0.25, 0.3) is 6.08 Å². The molecule has 1 aliphatic carbocycles. The lowest BCUT2D eigenvalue weighted by atomic mass is 10.2. The lowest BCUT2D eigenvalue weighted by Gasteiger charge is -2.15. The van der Waals surface area contributed by atoms with Gasteiger partial charge in [-0.25, -0.2) is 0 Å². The summed E-state index contributed by atoms with van der Waals surface area (Å²) in [5.74, 6) is 4.40. The summed E-state index contributed by atoms with van der Waals surface area (Å²) < 4.78 is 16.5. The van der Waals surface area contributed by atoms with Gasteiger partial charge in [0.1, 0.15) is 11.5 Å². The Balaban J connectivity index is 1.36. The molecule has 2 atom stereocenters. The number of carbonyl (C=O) groups is 1. The summed E-state index contributed by atoms with van der Waals surface area (Å²) >= 11 is 0. The van der Waals surface area contributed by atoms with Gasteiger partial charge in [0.15, 0.2) is 11.5 Å². The molecular weight excluding hydrogens is 318 g/mol. The van der Waals surface area contributed by atoms with Crippen LogP contribution in [0.5, 0.6) is 11.5 Å². The standard InChI is InChI=1S/C20H21NO4/c1-13-9-16(13)17-7-4-15(25-17)5-8-20(22)21(2)11-14-3-6-18-19(10-14)24-12-23-18/h3-8,10,13,16H,9,11-12H2,1-2H3/b8-5+. The second kappa shape index (κ2) is 6.31. The molecule has 5 nitrogen and oxygen atoms in total. The predicted molar refractivity (Wildman–Crippen MR) is 93.3 cm³/mol. The number of nitrogens with zero attached hydrogens (tertiary/aromatic N) is 1. The first-order valence-corrected chi connectivity index (χ1v) is 8.51. The zero-order valence-corrected chi connectivity index (χ0v) is 14.4. The largest absolute Gasteiger partial charge is 0.461 e. The SMILES string of the molecule is CC1CC1c1ccc(/C=C/C(=O)N(C)Cc2ccc3c(c2)OCO3)o1. The van der Waals surface area contributed by atoms with Crippen molar-refractivity contribution in [2.45, 2.75) is 25.8 Å². The van der Waals surface area contributed by atoms with Crippen LogP contribution < -0.4 is 9.47 Å². The number of fused-ring (bicyclic) bond motifs is 1. The Bertz CT molecular complexity index is 823. The van der Waals surface area contributed by atoms with Gasteiger partial charge in [0.05, 0.1) is 0 Å². The van der Waals surface area contributed by atoms with Crippen LogP contribution in [0, 0.1) is 5.92 Å². The van der Waals surface area contributed by atoms with Crippen molar-refractivity contribution < 1.29 is 18.7 Å². The minimum Gasteiger partial charge on any atom is -0.461 e. The number of rotatable bonds is 5. The summed E-state index contributed by atoms with van der Waals surface area (Å²) in [6.45, 7) is 2.97. The molecule has 2 heterocycles. The number of benzene rings is 1. The van der Waals surface area contributed by atoms with Gasteiger partial charge >= 0.3 is 0 Å². The zero-order valence-electron chi connectivity index (χ0n) is 14.4. The van der Waals surface area contributed by atoms with E-state index in [0.29, 0.717) is 18.4 Å². The van der Waals surface area contributed by atoms with E-state index in [1.54, 1.807) is 24.1 Å². The van der Waals surface area contributed by atoms with Gasteiger partial charge in [-0.3, -0.25) is 4.79 Å². The fourth-order valence-electron chi connectivity index (χ4n) is 3.05. The van der Waals surface area contributed by atoms with E-state index in [-0.39, 0.29) is 12.7 Å². The highest BCUT2D eigenvalue weighted by molar-refractivity contribution is 5.91. The average molecular weight is 339 g/mol. The van der Waals surface area contributed by atoms with Gasteiger partial charge in [0.2, 0.25) is 12.7 Å². The third-order valence-corrected chi connectivity index (χ3v) is 4.75. The molecule has 0 spiro atoms. The highest BCUT2D eigenvalue weighted by Gasteiger charge is 2.36. The molecule has 2 aliphatic rings. The van der Waals surface area contributed by atoms with Crippen LogP contribution in [0.1, 0.15) is 36.3 Å². The van der Waals surface area contributed by atoms with Crippen LogP contribution in [0.2, 0.25) is 0 Å². The molecule has 1 saturated carbocycles. The first-order chi connectivity index (χ1) is 12.1. The predicted octanol–water partition coefficient (Wildman–Crippen LogP) is 3.80. The minimum absolute atomic E-state index is 0.0737. The number of hydrogen-bond donors (Lipinski definition) is 0. The Morgan fingerprint density at radius 1 is 1.24 bits per heavy atom. The van der Waals surface area contributed by atoms with Crippen molar-refractivity contribution in [1.29, 1.82) is 0 Å². The molecule has 2 aromatic rings. The molecule has 0 bridgehead atoms. The minimum atomic E-state index is -0.0737. The maximum Gasteiger partial charge on any atom is 0.246 e. The van der Waals surface area contributed by atoms with Crippen molar-refractivity contribution in [3.8, 4) is 11.5 Å². The molecule has 1 fully saturated rings. The Hall–Kier alpha value is -2.69. The normalized spacial score (nSPS) is 20.9. The maximum absolute atomic E-state index is 12.3. The highest BCUT2D eigenvalue weighted by Crippen LogP contribution is 2.47. The number of hydrogen-bond acceptors (Lipinski definition) is 4. The van der Waals surface area contributed by atoms with E-state index in [1.807, 2.05) is 30.3 Å². The second-order valence-electron chi connectivity index (χ2n) is 6.77. The Morgan fingerprint density at radius 3 is 2.84 bits per heavy atom. The molecule has 1 aromatic carbocycles. The molecule has 0 saturated heterocycles. The third-order valence-electron chi connectivity index (χ3n) is 4.75. The molecule has 1 aromatic heterocycles. The van der Waals surface area contributed by atoms with Gasteiger partial charge in [-0.05, 0) is 48.2 Å². The molecule has 25 heavy (non-hydrogen) atoms. The fourth-order valence-corrected chi connectivity index (χ4v) is 3.05. The van der Waals surface area contributed by atoms with Gasteiger partial charge in [-0.2, -0.15) is 0 Å². The van der Waals surface area contributed by atoms with E-state index < -0.39 is 0 Å². The number of carbonyl (C=O) groups excluding carboxylic acids is 1. The fraction of sp³-hybridized carbons (Fsp3) is 0.350. The Morgan fingerprint density at radius 2 is 2.04 bits per heavy atom. The number of likely N-dealkylation sites (N-methyl/N-ethyl adjacent to an activating group) is 1. The van der Waals surface area contributed by atoms with E-state index in [4.69, 9.17) is 13.9 Å². The third kappa shape index (κ3) is 3.40. The van der Waals surface area contributed by atoms with Crippen molar-refractivity contribution >= 4 is 12.0 Å². The van der Waals surface area contributed by atoms with E-state index in [9.17, 15) is 4.79 Å². The van der Waals surface area contributed by atoms with E-state index in [1.165, 1.54) is 6.42 Å². The van der Waals surface area contributed by atoms with Gasteiger partial charge in [-0.1, -0.05) is 13.0 Å². The highest BCUT2D eigenvalue weighted by atomic mass is 16.7. The van der Waals surface area contributed by atoms with Gasteiger partial charge in [0.25, 0.3) is 0 Å². The van der Waals surface area contributed by atoms with Crippen LogP contribution in [-0.4, -0.2) is 24.6 Å². The Labute approximate surface area is 146 Å². The van der Waals surface area contributed by atoms with Crippen molar-refractivity contribution in [3.05, 3.63) is 53.5 Å². The zero-order chi connectivity index (χ0) is 17.4. The number of furan rings is 1. The lowest BCUT2D eigenvalue weighted by molar-refractivity contribution is -0.125. The first kappa shape index (κ1) is 15.8. The average Bonchev–Trinajstić information content (AvgIpc) is 3.03. The van der Waals surface area contributed by atoms with Crippen molar-refractivity contribution in [1.82, 2.24) is 4.90 Å². The smallest absolute Gasteiger partial charge is 0.246 e. The quantitative estimate of drug-likeness (QED) is 0.778. The monoisotopic (exact) mass is 339 g/mol. The first-order valence-electron chi connectivity index (χ1n) is 8.51. The van der Waals surface area contributed by atoms with Crippen molar-refractivity contribution in [2.75, 3.05) is 13.8 Å². The summed E-state index contributed by atoms with van der Waals surface area (Å²) in [5, 5.41) is 0. The lowest BCUT2D eigenvalue weighted by Crippen LogP contribution is -2.24. The molecule has 5 heteroatoms. The van der Waals surface area contributed by atoms with E-state index in [0.717, 1.165) is 28.6 Å². The topological polar surface area (TPSA) is 51.9 Å². The molecule has 0 N–H and O–H groups in total. The van der Waals surface area contributed by atoms with E-state index >= 15 is 0 Å². The summed E-state index contributed by atoms with van der Waals surface area (Å²) in [6.07, 6.45) is 4.47. The molecule has 0 radical (unpaired) electrons. The molecule has 4 rings (SSSR count).